The number of imidazole rings is 1. The number of aromatic nitrogens is 3. The molecule has 3 aromatic carbocycles. The van der Waals surface area contributed by atoms with Crippen molar-refractivity contribution >= 4 is 28.5 Å². The minimum absolute atomic E-state index is 0.254. The van der Waals surface area contributed by atoms with E-state index in [9.17, 15) is 4.79 Å². The molecule has 0 fully saturated rings. The molecule has 0 bridgehead atoms. The molecule has 36 heavy (non-hydrogen) atoms. The Balaban J connectivity index is 1.62. The summed E-state index contributed by atoms with van der Waals surface area (Å²) in [5.41, 5.74) is 4.20. The molecular weight excluding hydrogens is 472 g/mol. The average molecular weight is 497 g/mol. The number of amides is 1. The molecule has 0 spiro atoms. The van der Waals surface area contributed by atoms with Gasteiger partial charge in [0.25, 0.3) is 5.91 Å². The third-order valence-corrected chi connectivity index (χ3v) is 6.25. The lowest BCUT2D eigenvalue weighted by Gasteiger charge is -2.21. The predicted octanol–water partition coefficient (Wildman–Crippen LogP) is 5.86. The van der Waals surface area contributed by atoms with Crippen LogP contribution in [0.3, 0.4) is 0 Å². The highest BCUT2D eigenvalue weighted by molar-refractivity contribution is 6.30. The van der Waals surface area contributed by atoms with Crippen LogP contribution in [0.25, 0.3) is 11.0 Å². The lowest BCUT2D eigenvalue weighted by atomic mass is 10.0. The van der Waals surface area contributed by atoms with E-state index in [0.29, 0.717) is 23.7 Å². The van der Waals surface area contributed by atoms with Crippen molar-refractivity contribution in [3.8, 4) is 5.75 Å². The molecule has 1 atom stereocenters. The Morgan fingerprint density at radius 2 is 1.78 bits per heavy atom. The van der Waals surface area contributed by atoms with Crippen molar-refractivity contribution in [2.75, 3.05) is 7.11 Å². The second-order valence-electron chi connectivity index (χ2n) is 8.47. The van der Waals surface area contributed by atoms with Crippen LogP contribution in [0.4, 0.5) is 0 Å². The minimum atomic E-state index is -0.403. The number of nitrogens with zero attached hydrogens (tertiary/aromatic N) is 3. The highest BCUT2D eigenvalue weighted by Gasteiger charge is 2.24. The molecule has 0 saturated heterocycles. The quantitative estimate of drug-likeness (QED) is 0.292. The molecule has 5 rings (SSSR count). The molecule has 0 aliphatic rings. The van der Waals surface area contributed by atoms with Crippen LogP contribution in [0, 0.1) is 0 Å². The van der Waals surface area contributed by atoms with E-state index in [1.54, 1.807) is 31.5 Å². The van der Waals surface area contributed by atoms with Gasteiger partial charge in [-0.15, -0.1) is 0 Å². The summed E-state index contributed by atoms with van der Waals surface area (Å²) in [7, 11) is 1.64. The molecule has 0 saturated carbocycles. The first-order valence-electron chi connectivity index (χ1n) is 11.6. The summed E-state index contributed by atoms with van der Waals surface area (Å²) in [6.45, 7) is 0.532. The maximum atomic E-state index is 13.2. The van der Waals surface area contributed by atoms with Gasteiger partial charge in [0.05, 0.1) is 24.2 Å². The number of halogens is 1. The number of methoxy groups -OCH3 is 1. The van der Waals surface area contributed by atoms with E-state index in [2.05, 4.69) is 14.9 Å². The topological polar surface area (TPSA) is 69.0 Å². The number of rotatable bonds is 8. The molecule has 6 nitrogen and oxygen atoms in total. The van der Waals surface area contributed by atoms with E-state index in [1.807, 2.05) is 72.8 Å². The lowest BCUT2D eigenvalue weighted by Crippen LogP contribution is -2.32. The SMILES string of the molecule is COc1ccc2nc(C(Cc3ccccc3)NC(=O)c3ccccn3)n(Cc3cccc(Cl)c3)c2c1. The fraction of sp³-hybridized carbons (Fsp3) is 0.138. The standard InChI is InChI=1S/C29H25ClN4O2/c1-36-23-13-14-24-27(18-23)34(19-21-10-7-11-22(30)16-21)28(32-24)26(17-20-8-3-2-4-9-20)33-29(35)25-12-5-6-15-31-25/h2-16,18,26H,17,19H2,1H3,(H,33,35). The Kier molecular flexibility index (Phi) is 6.96. The first-order valence-corrected chi connectivity index (χ1v) is 12.0. The van der Waals surface area contributed by atoms with Crippen LogP contribution in [0.2, 0.25) is 5.02 Å². The fourth-order valence-corrected chi connectivity index (χ4v) is 4.50. The number of ether oxygens (including phenoxy) is 1. The summed E-state index contributed by atoms with van der Waals surface area (Å²) in [6, 6.07) is 28.5. The molecular formula is C29H25ClN4O2. The zero-order valence-corrected chi connectivity index (χ0v) is 20.5. The summed E-state index contributed by atoms with van der Waals surface area (Å²) in [5, 5.41) is 3.85. The summed E-state index contributed by atoms with van der Waals surface area (Å²) in [4.78, 5) is 22.4. The Bertz CT molecular complexity index is 1490. The van der Waals surface area contributed by atoms with Crippen LogP contribution in [0.5, 0.6) is 5.75 Å². The maximum absolute atomic E-state index is 13.2. The number of nitrogens with one attached hydrogen (secondary N) is 1. The third kappa shape index (κ3) is 5.24. The Morgan fingerprint density at radius 3 is 2.53 bits per heavy atom. The third-order valence-electron chi connectivity index (χ3n) is 6.01. The molecule has 180 valence electrons. The van der Waals surface area contributed by atoms with Crippen LogP contribution < -0.4 is 10.1 Å². The zero-order chi connectivity index (χ0) is 24.9. The Hall–Kier alpha value is -4.16. The Morgan fingerprint density at radius 1 is 0.972 bits per heavy atom. The first-order chi connectivity index (χ1) is 17.6. The zero-order valence-electron chi connectivity index (χ0n) is 19.8. The summed E-state index contributed by atoms with van der Waals surface area (Å²) in [6.07, 6.45) is 2.18. The largest absolute Gasteiger partial charge is 0.497 e. The van der Waals surface area contributed by atoms with Gasteiger partial charge in [-0.3, -0.25) is 9.78 Å². The van der Waals surface area contributed by atoms with Gasteiger partial charge in [0.1, 0.15) is 17.3 Å². The predicted molar refractivity (Wildman–Crippen MR) is 141 cm³/mol. The monoisotopic (exact) mass is 496 g/mol. The first kappa shape index (κ1) is 23.6. The van der Waals surface area contributed by atoms with Gasteiger partial charge in [0.15, 0.2) is 0 Å². The normalized spacial score (nSPS) is 11.8. The van der Waals surface area contributed by atoms with Crippen molar-refractivity contribution < 1.29 is 9.53 Å². The van der Waals surface area contributed by atoms with Gasteiger partial charge in [-0.1, -0.05) is 60.1 Å². The van der Waals surface area contributed by atoms with Crippen LogP contribution >= 0.6 is 11.6 Å². The number of pyridine rings is 1. The van der Waals surface area contributed by atoms with E-state index < -0.39 is 6.04 Å². The molecule has 0 radical (unpaired) electrons. The molecule has 0 aliphatic heterocycles. The molecule has 2 heterocycles. The average Bonchev–Trinajstić information content (AvgIpc) is 3.26. The molecule has 0 aliphatic carbocycles. The molecule has 5 aromatic rings. The van der Waals surface area contributed by atoms with Crippen molar-refractivity contribution in [3.05, 3.63) is 125 Å². The van der Waals surface area contributed by atoms with E-state index in [0.717, 1.165) is 33.7 Å². The maximum Gasteiger partial charge on any atom is 0.270 e. The number of fused-ring (bicyclic) bond motifs is 1. The van der Waals surface area contributed by atoms with Crippen LogP contribution in [0.1, 0.15) is 33.5 Å². The van der Waals surface area contributed by atoms with E-state index in [-0.39, 0.29) is 5.91 Å². The van der Waals surface area contributed by atoms with Gasteiger partial charge in [-0.25, -0.2) is 4.98 Å². The number of hydrogen-bond acceptors (Lipinski definition) is 4. The summed E-state index contributed by atoms with van der Waals surface area (Å²) >= 11 is 6.29. The highest BCUT2D eigenvalue weighted by Crippen LogP contribution is 2.28. The van der Waals surface area contributed by atoms with Crippen molar-refractivity contribution in [1.29, 1.82) is 0 Å². The van der Waals surface area contributed by atoms with Crippen molar-refractivity contribution in [1.82, 2.24) is 19.9 Å². The fourth-order valence-electron chi connectivity index (χ4n) is 4.28. The second-order valence-corrected chi connectivity index (χ2v) is 8.91. The van der Waals surface area contributed by atoms with Crippen molar-refractivity contribution in [2.24, 2.45) is 0 Å². The Labute approximate surface area is 214 Å². The molecule has 1 amide bonds. The van der Waals surface area contributed by atoms with Gasteiger partial charge in [-0.2, -0.15) is 0 Å². The van der Waals surface area contributed by atoms with Gasteiger partial charge in [0, 0.05) is 23.8 Å². The summed E-state index contributed by atoms with van der Waals surface area (Å²) in [5.74, 6) is 1.22. The van der Waals surface area contributed by atoms with Crippen molar-refractivity contribution in [3.63, 3.8) is 0 Å². The second kappa shape index (κ2) is 10.6. The van der Waals surface area contributed by atoms with Gasteiger partial charge in [-0.05, 0) is 53.9 Å². The minimum Gasteiger partial charge on any atom is -0.497 e. The van der Waals surface area contributed by atoms with Crippen LogP contribution in [-0.2, 0) is 13.0 Å². The number of carbonyl (C=O) groups excluding carboxylic acids is 1. The lowest BCUT2D eigenvalue weighted by molar-refractivity contribution is 0.0929. The van der Waals surface area contributed by atoms with Crippen molar-refractivity contribution in [2.45, 2.75) is 19.0 Å². The smallest absolute Gasteiger partial charge is 0.270 e. The highest BCUT2D eigenvalue weighted by atomic mass is 35.5. The van der Waals surface area contributed by atoms with E-state index in [1.165, 1.54) is 0 Å². The molecule has 2 aromatic heterocycles. The molecule has 7 heteroatoms. The molecule has 1 unspecified atom stereocenters. The molecule has 1 N–H and O–H groups in total. The van der Waals surface area contributed by atoms with Gasteiger partial charge < -0.3 is 14.6 Å². The summed E-state index contributed by atoms with van der Waals surface area (Å²) < 4.78 is 7.62. The van der Waals surface area contributed by atoms with Gasteiger partial charge in [0.2, 0.25) is 0 Å². The van der Waals surface area contributed by atoms with E-state index in [4.69, 9.17) is 21.3 Å². The number of carbonyl (C=O) groups is 1. The van der Waals surface area contributed by atoms with E-state index >= 15 is 0 Å². The number of benzene rings is 3. The number of hydrogen-bond donors (Lipinski definition) is 1. The van der Waals surface area contributed by atoms with Crippen LogP contribution in [-0.4, -0.2) is 27.6 Å². The van der Waals surface area contributed by atoms with Crippen LogP contribution in [0.15, 0.2) is 97.2 Å². The van der Waals surface area contributed by atoms with Gasteiger partial charge >= 0.3 is 0 Å².